The van der Waals surface area contributed by atoms with Gasteiger partial charge in [-0.1, -0.05) is 30.3 Å². The van der Waals surface area contributed by atoms with E-state index in [1.54, 1.807) is 11.3 Å². The summed E-state index contributed by atoms with van der Waals surface area (Å²) >= 11 is 3.04. The molecule has 0 amide bonds. The maximum Gasteiger partial charge on any atom is 0.147 e. The number of thiazole rings is 1. The first-order valence-corrected chi connectivity index (χ1v) is 7.85. The lowest BCUT2D eigenvalue weighted by Gasteiger charge is -2.06. The van der Waals surface area contributed by atoms with Gasteiger partial charge in [0.25, 0.3) is 0 Å². The average molecular weight is 302 g/mol. The third kappa shape index (κ3) is 2.66. The van der Waals surface area contributed by atoms with Crippen LogP contribution in [0.1, 0.15) is 10.7 Å². The molecular formula is C14H14N4S2. The van der Waals surface area contributed by atoms with Crippen LogP contribution in [0.5, 0.6) is 0 Å². The topological polar surface area (TPSA) is 63.8 Å². The zero-order valence-electron chi connectivity index (χ0n) is 11.0. The van der Waals surface area contributed by atoms with Crippen LogP contribution in [0.3, 0.4) is 0 Å². The van der Waals surface area contributed by atoms with Crippen LogP contribution in [0.2, 0.25) is 0 Å². The van der Waals surface area contributed by atoms with Gasteiger partial charge in [0.2, 0.25) is 0 Å². The van der Waals surface area contributed by atoms with E-state index in [9.17, 15) is 0 Å². The lowest BCUT2D eigenvalue weighted by atomic mass is 10.1. The average Bonchev–Trinajstić information content (AvgIpc) is 3.03. The largest absolute Gasteiger partial charge is 0.382 e. The number of rotatable bonds is 4. The van der Waals surface area contributed by atoms with Gasteiger partial charge in [-0.25, -0.2) is 4.98 Å². The van der Waals surface area contributed by atoms with E-state index in [2.05, 4.69) is 20.1 Å². The molecular weight excluding hydrogens is 288 g/mol. The van der Waals surface area contributed by atoms with Crippen molar-refractivity contribution in [2.75, 3.05) is 11.1 Å². The third-order valence-electron chi connectivity index (χ3n) is 2.88. The van der Waals surface area contributed by atoms with Crippen molar-refractivity contribution in [3.8, 4) is 11.1 Å². The molecule has 0 unspecified atom stereocenters. The molecule has 0 aliphatic rings. The molecule has 1 aromatic carbocycles. The number of aromatic nitrogens is 2. The quantitative estimate of drug-likeness (QED) is 0.770. The Balaban J connectivity index is 1.84. The smallest absolute Gasteiger partial charge is 0.147 e. The number of anilines is 2. The van der Waals surface area contributed by atoms with Crippen LogP contribution >= 0.6 is 22.9 Å². The van der Waals surface area contributed by atoms with Crippen molar-refractivity contribution < 1.29 is 0 Å². The molecule has 0 radical (unpaired) electrons. The van der Waals surface area contributed by atoms with Crippen LogP contribution in [0.15, 0.2) is 35.7 Å². The number of aryl methyl sites for hydroxylation is 1. The summed E-state index contributed by atoms with van der Waals surface area (Å²) in [7, 11) is 0. The van der Waals surface area contributed by atoms with Gasteiger partial charge < -0.3 is 11.1 Å². The van der Waals surface area contributed by atoms with Gasteiger partial charge in [0.05, 0.1) is 22.8 Å². The highest BCUT2D eigenvalue weighted by molar-refractivity contribution is 7.11. The van der Waals surface area contributed by atoms with Crippen LogP contribution in [-0.4, -0.2) is 9.36 Å². The number of nitrogen functional groups attached to an aromatic ring is 1. The second-order valence-corrected chi connectivity index (χ2v) is 6.19. The molecule has 2 heterocycles. The van der Waals surface area contributed by atoms with E-state index in [1.165, 1.54) is 11.5 Å². The molecule has 0 atom stereocenters. The first-order valence-electron chi connectivity index (χ1n) is 6.19. The molecule has 3 rings (SSSR count). The SMILES string of the molecule is Cc1nc(CNc2snc(N)c2-c2ccccc2)cs1. The summed E-state index contributed by atoms with van der Waals surface area (Å²) in [5.41, 5.74) is 9.09. The zero-order chi connectivity index (χ0) is 13.9. The van der Waals surface area contributed by atoms with Crippen LogP contribution in [0.25, 0.3) is 11.1 Å². The molecule has 0 aliphatic heterocycles. The summed E-state index contributed by atoms with van der Waals surface area (Å²) in [5, 5.41) is 7.51. The molecule has 20 heavy (non-hydrogen) atoms. The Kier molecular flexibility index (Phi) is 3.66. The normalized spacial score (nSPS) is 10.7. The summed E-state index contributed by atoms with van der Waals surface area (Å²) < 4.78 is 4.25. The first kappa shape index (κ1) is 13.1. The first-order chi connectivity index (χ1) is 9.74. The van der Waals surface area contributed by atoms with Crippen molar-refractivity contribution in [1.82, 2.24) is 9.36 Å². The van der Waals surface area contributed by atoms with Crippen molar-refractivity contribution in [3.63, 3.8) is 0 Å². The molecule has 3 aromatic rings. The monoisotopic (exact) mass is 302 g/mol. The summed E-state index contributed by atoms with van der Waals surface area (Å²) in [6.07, 6.45) is 0. The van der Waals surface area contributed by atoms with E-state index in [-0.39, 0.29) is 0 Å². The van der Waals surface area contributed by atoms with Gasteiger partial charge in [0.1, 0.15) is 10.8 Å². The highest BCUT2D eigenvalue weighted by Gasteiger charge is 2.13. The lowest BCUT2D eigenvalue weighted by molar-refractivity contribution is 1.06. The number of nitrogens with one attached hydrogen (secondary N) is 1. The molecule has 2 aromatic heterocycles. The van der Waals surface area contributed by atoms with Crippen LogP contribution in [0, 0.1) is 6.92 Å². The Hall–Kier alpha value is -1.92. The summed E-state index contributed by atoms with van der Waals surface area (Å²) in [5.74, 6) is 0.568. The standard InChI is InChI=1S/C14H14N4S2/c1-9-17-11(8-19-9)7-16-14-12(13(15)18-20-14)10-5-3-2-4-6-10/h2-6,8,16H,7H2,1H3,(H2,15,18). The molecule has 0 aliphatic carbocycles. The number of hydrogen-bond donors (Lipinski definition) is 2. The lowest BCUT2D eigenvalue weighted by Crippen LogP contribution is -1.99. The van der Waals surface area contributed by atoms with Crippen molar-refractivity contribution >= 4 is 33.7 Å². The Morgan fingerprint density at radius 2 is 2.05 bits per heavy atom. The predicted molar refractivity (Wildman–Crippen MR) is 86.1 cm³/mol. The molecule has 0 saturated carbocycles. The molecule has 4 nitrogen and oxygen atoms in total. The van der Waals surface area contributed by atoms with E-state index in [0.717, 1.165) is 26.8 Å². The van der Waals surface area contributed by atoms with E-state index < -0.39 is 0 Å². The summed E-state index contributed by atoms with van der Waals surface area (Å²) in [6, 6.07) is 10.1. The van der Waals surface area contributed by atoms with Crippen molar-refractivity contribution in [2.24, 2.45) is 0 Å². The summed E-state index contributed by atoms with van der Waals surface area (Å²) in [4.78, 5) is 4.44. The Morgan fingerprint density at radius 1 is 1.25 bits per heavy atom. The number of hydrogen-bond acceptors (Lipinski definition) is 6. The highest BCUT2D eigenvalue weighted by Crippen LogP contribution is 2.36. The second kappa shape index (κ2) is 5.60. The van der Waals surface area contributed by atoms with E-state index >= 15 is 0 Å². The van der Waals surface area contributed by atoms with Gasteiger partial charge in [-0.2, -0.15) is 4.37 Å². The number of benzene rings is 1. The molecule has 0 spiro atoms. The molecule has 0 saturated heterocycles. The molecule has 0 bridgehead atoms. The van der Waals surface area contributed by atoms with Crippen LogP contribution in [-0.2, 0) is 6.54 Å². The third-order valence-corrected chi connectivity index (χ3v) is 4.52. The van der Waals surface area contributed by atoms with Gasteiger partial charge in [0, 0.05) is 5.38 Å². The fourth-order valence-electron chi connectivity index (χ4n) is 1.97. The minimum atomic E-state index is 0.568. The van der Waals surface area contributed by atoms with Gasteiger partial charge in [0.15, 0.2) is 0 Å². The van der Waals surface area contributed by atoms with Crippen LogP contribution < -0.4 is 11.1 Å². The number of nitrogens with zero attached hydrogens (tertiary/aromatic N) is 2. The second-order valence-electron chi connectivity index (χ2n) is 4.35. The maximum atomic E-state index is 5.99. The Morgan fingerprint density at radius 3 is 2.75 bits per heavy atom. The minimum Gasteiger partial charge on any atom is -0.382 e. The minimum absolute atomic E-state index is 0.568. The highest BCUT2D eigenvalue weighted by atomic mass is 32.1. The van der Waals surface area contributed by atoms with E-state index in [1.807, 2.05) is 37.3 Å². The van der Waals surface area contributed by atoms with Crippen molar-refractivity contribution in [1.29, 1.82) is 0 Å². The Bertz CT molecular complexity index is 703. The fourth-order valence-corrected chi connectivity index (χ4v) is 3.31. The molecule has 6 heteroatoms. The maximum absolute atomic E-state index is 5.99. The van der Waals surface area contributed by atoms with E-state index in [4.69, 9.17) is 5.73 Å². The molecule has 102 valence electrons. The van der Waals surface area contributed by atoms with Gasteiger partial charge in [-0.05, 0) is 24.0 Å². The fraction of sp³-hybridized carbons (Fsp3) is 0.143. The van der Waals surface area contributed by atoms with Gasteiger partial charge in [-0.15, -0.1) is 11.3 Å². The van der Waals surface area contributed by atoms with Gasteiger partial charge >= 0.3 is 0 Å². The van der Waals surface area contributed by atoms with E-state index in [0.29, 0.717) is 12.4 Å². The zero-order valence-corrected chi connectivity index (χ0v) is 12.6. The summed E-state index contributed by atoms with van der Waals surface area (Å²) in [6.45, 7) is 2.69. The van der Waals surface area contributed by atoms with Crippen molar-refractivity contribution in [3.05, 3.63) is 46.4 Å². The molecule has 0 fully saturated rings. The predicted octanol–water partition coefficient (Wildman–Crippen LogP) is 3.77. The number of nitrogens with two attached hydrogens (primary N) is 1. The Labute approximate surface area is 125 Å². The van der Waals surface area contributed by atoms with Crippen molar-refractivity contribution in [2.45, 2.75) is 13.5 Å². The molecule has 3 N–H and O–H groups in total. The van der Waals surface area contributed by atoms with Crippen LogP contribution in [0.4, 0.5) is 10.8 Å². The van der Waals surface area contributed by atoms with Gasteiger partial charge in [-0.3, -0.25) is 0 Å².